The molecule has 1 saturated heterocycles. The van der Waals surface area contributed by atoms with Crippen molar-refractivity contribution in [1.82, 2.24) is 4.90 Å². The Bertz CT molecular complexity index is 1210. The minimum atomic E-state index is -1.02. The SMILES string of the molecule is Cc1cc(C)c2c(CC(=O)Nc3cc(C(=O)N4CC(O)C4)c(F)cc3F)coc2c1C. The molecule has 0 bridgehead atoms. The molecule has 8 heteroatoms. The summed E-state index contributed by atoms with van der Waals surface area (Å²) >= 11 is 0. The molecule has 0 atom stereocenters. The number of rotatable bonds is 4. The normalized spacial score (nSPS) is 14.1. The van der Waals surface area contributed by atoms with Crippen LogP contribution in [0.1, 0.15) is 32.6 Å². The van der Waals surface area contributed by atoms with E-state index in [1.165, 1.54) is 11.2 Å². The number of aliphatic hydroxyl groups excluding tert-OH is 1. The van der Waals surface area contributed by atoms with Gasteiger partial charge < -0.3 is 19.7 Å². The molecule has 0 unspecified atom stereocenters. The molecule has 4 rings (SSSR count). The first-order valence-corrected chi connectivity index (χ1v) is 9.88. The number of hydrogen-bond acceptors (Lipinski definition) is 4. The monoisotopic (exact) mass is 428 g/mol. The Balaban J connectivity index is 1.57. The van der Waals surface area contributed by atoms with Crippen molar-refractivity contribution in [3.63, 3.8) is 0 Å². The van der Waals surface area contributed by atoms with Crippen LogP contribution >= 0.6 is 0 Å². The van der Waals surface area contributed by atoms with E-state index in [1.54, 1.807) is 0 Å². The fourth-order valence-corrected chi connectivity index (χ4v) is 3.88. The second-order valence-corrected chi connectivity index (χ2v) is 8.00. The number of amides is 2. The summed E-state index contributed by atoms with van der Waals surface area (Å²) in [5, 5.41) is 12.6. The summed E-state index contributed by atoms with van der Waals surface area (Å²) in [4.78, 5) is 26.2. The minimum Gasteiger partial charge on any atom is -0.464 e. The summed E-state index contributed by atoms with van der Waals surface area (Å²) in [7, 11) is 0. The Morgan fingerprint density at radius 3 is 2.52 bits per heavy atom. The van der Waals surface area contributed by atoms with Crippen LogP contribution in [0.3, 0.4) is 0 Å². The second kappa shape index (κ2) is 7.77. The topological polar surface area (TPSA) is 82.8 Å². The van der Waals surface area contributed by atoms with Gasteiger partial charge in [0.2, 0.25) is 5.91 Å². The van der Waals surface area contributed by atoms with Gasteiger partial charge in [-0.2, -0.15) is 0 Å². The van der Waals surface area contributed by atoms with Gasteiger partial charge in [0.25, 0.3) is 5.91 Å². The third-order valence-electron chi connectivity index (χ3n) is 5.69. The molecule has 1 fully saturated rings. The number of β-amino-alcohol motifs (C(OH)–C–C–N with tert-alkyl or cyclic N) is 1. The van der Waals surface area contributed by atoms with E-state index < -0.39 is 29.6 Å². The number of fused-ring (bicyclic) bond motifs is 1. The highest BCUT2D eigenvalue weighted by atomic mass is 19.1. The number of carbonyl (C=O) groups is 2. The average Bonchev–Trinajstić information content (AvgIpc) is 3.09. The maximum Gasteiger partial charge on any atom is 0.257 e. The third-order valence-corrected chi connectivity index (χ3v) is 5.69. The Hall–Kier alpha value is -3.26. The molecule has 0 aliphatic carbocycles. The van der Waals surface area contributed by atoms with E-state index in [0.717, 1.165) is 28.1 Å². The first-order chi connectivity index (χ1) is 14.7. The summed E-state index contributed by atoms with van der Waals surface area (Å²) in [6.45, 7) is 6.02. The number of hydrogen-bond donors (Lipinski definition) is 2. The van der Waals surface area contributed by atoms with Gasteiger partial charge in [-0.15, -0.1) is 0 Å². The van der Waals surface area contributed by atoms with Gasteiger partial charge >= 0.3 is 0 Å². The van der Waals surface area contributed by atoms with Crippen molar-refractivity contribution >= 4 is 28.5 Å². The number of anilines is 1. The van der Waals surface area contributed by atoms with Crippen LogP contribution in [0.25, 0.3) is 11.0 Å². The van der Waals surface area contributed by atoms with E-state index in [0.29, 0.717) is 17.2 Å². The van der Waals surface area contributed by atoms with E-state index in [9.17, 15) is 23.5 Å². The zero-order valence-electron chi connectivity index (χ0n) is 17.4. The number of furan rings is 1. The highest BCUT2D eigenvalue weighted by molar-refractivity contribution is 5.99. The van der Waals surface area contributed by atoms with Gasteiger partial charge in [0.15, 0.2) is 0 Å². The number of aryl methyl sites for hydroxylation is 3. The predicted molar refractivity (Wildman–Crippen MR) is 111 cm³/mol. The van der Waals surface area contributed by atoms with Crippen molar-refractivity contribution in [2.75, 3.05) is 18.4 Å². The van der Waals surface area contributed by atoms with Crippen LogP contribution in [0.2, 0.25) is 0 Å². The summed E-state index contributed by atoms with van der Waals surface area (Å²) < 4.78 is 34.1. The zero-order valence-corrected chi connectivity index (χ0v) is 17.4. The number of halogens is 2. The van der Waals surface area contributed by atoms with Crippen molar-refractivity contribution in [1.29, 1.82) is 0 Å². The Morgan fingerprint density at radius 1 is 1.13 bits per heavy atom. The summed E-state index contributed by atoms with van der Waals surface area (Å²) in [6, 6.07) is 3.57. The molecule has 2 aromatic carbocycles. The van der Waals surface area contributed by atoms with Crippen LogP contribution in [0, 0.1) is 32.4 Å². The molecule has 2 heterocycles. The third kappa shape index (κ3) is 3.79. The lowest BCUT2D eigenvalue weighted by atomic mass is 9.99. The van der Waals surface area contributed by atoms with Gasteiger partial charge in [-0.05, 0) is 43.5 Å². The molecule has 2 N–H and O–H groups in total. The largest absolute Gasteiger partial charge is 0.464 e. The van der Waals surface area contributed by atoms with Gasteiger partial charge in [0.05, 0.1) is 30.0 Å². The number of aliphatic hydroxyl groups is 1. The Morgan fingerprint density at radius 2 is 1.84 bits per heavy atom. The molecule has 1 aliphatic rings. The minimum absolute atomic E-state index is 0.0746. The lowest BCUT2D eigenvalue weighted by Crippen LogP contribution is -2.53. The number of likely N-dealkylation sites (tertiary alicyclic amines) is 1. The standard InChI is InChI=1S/C23H22F2N2O4/c1-11-4-12(2)21-14(10-31-22(21)13(11)3)5-20(29)26-19-6-16(17(24)7-18(19)25)23(30)27-8-15(28)9-27/h4,6-7,10,15,28H,5,8-9H2,1-3H3,(H,26,29). The molecule has 0 saturated carbocycles. The summed E-state index contributed by atoms with van der Waals surface area (Å²) in [5.41, 5.74) is 3.74. The van der Waals surface area contributed by atoms with E-state index >= 15 is 0 Å². The first kappa shape index (κ1) is 21.0. The Kier molecular flexibility index (Phi) is 5.26. The lowest BCUT2D eigenvalue weighted by molar-refractivity contribution is -0.115. The van der Waals surface area contributed by atoms with Gasteiger partial charge in [-0.25, -0.2) is 8.78 Å². The van der Waals surface area contributed by atoms with Crippen molar-refractivity contribution in [3.8, 4) is 0 Å². The van der Waals surface area contributed by atoms with E-state index in [1.807, 2.05) is 26.8 Å². The molecule has 162 valence electrons. The maximum absolute atomic E-state index is 14.3. The van der Waals surface area contributed by atoms with Crippen molar-refractivity contribution < 1.29 is 27.9 Å². The van der Waals surface area contributed by atoms with Gasteiger partial charge in [0, 0.05) is 30.1 Å². The highest BCUT2D eigenvalue weighted by Crippen LogP contribution is 2.30. The van der Waals surface area contributed by atoms with Crippen molar-refractivity contribution in [2.24, 2.45) is 0 Å². The molecule has 0 spiro atoms. The zero-order chi connectivity index (χ0) is 22.4. The lowest BCUT2D eigenvalue weighted by Gasteiger charge is -2.36. The van der Waals surface area contributed by atoms with Crippen LogP contribution in [-0.2, 0) is 11.2 Å². The molecular weight excluding hydrogens is 406 g/mol. The second-order valence-electron chi connectivity index (χ2n) is 8.00. The summed E-state index contributed by atoms with van der Waals surface area (Å²) in [6.07, 6.45) is 0.788. The number of benzene rings is 2. The smallest absolute Gasteiger partial charge is 0.257 e. The summed E-state index contributed by atoms with van der Waals surface area (Å²) in [5.74, 6) is -3.20. The van der Waals surface area contributed by atoms with Crippen LogP contribution in [0.5, 0.6) is 0 Å². The van der Waals surface area contributed by atoms with E-state index in [-0.39, 0.29) is 30.8 Å². The van der Waals surface area contributed by atoms with E-state index in [2.05, 4.69) is 5.32 Å². The fraction of sp³-hybridized carbons (Fsp3) is 0.304. The fourth-order valence-electron chi connectivity index (χ4n) is 3.88. The maximum atomic E-state index is 14.3. The number of carbonyl (C=O) groups excluding carboxylic acids is 2. The van der Waals surface area contributed by atoms with Crippen molar-refractivity contribution in [3.05, 3.63) is 63.9 Å². The highest BCUT2D eigenvalue weighted by Gasteiger charge is 2.31. The number of nitrogens with zero attached hydrogens (tertiary/aromatic N) is 1. The first-order valence-electron chi connectivity index (χ1n) is 9.88. The molecule has 1 aliphatic heterocycles. The van der Waals surface area contributed by atoms with Crippen LogP contribution in [0.4, 0.5) is 14.5 Å². The van der Waals surface area contributed by atoms with Gasteiger partial charge in [0.1, 0.15) is 17.2 Å². The quantitative estimate of drug-likeness (QED) is 0.665. The number of nitrogens with one attached hydrogen (secondary N) is 1. The molecule has 31 heavy (non-hydrogen) atoms. The molecule has 3 aromatic rings. The van der Waals surface area contributed by atoms with Crippen LogP contribution in [0.15, 0.2) is 28.9 Å². The van der Waals surface area contributed by atoms with Gasteiger partial charge in [-0.3, -0.25) is 9.59 Å². The van der Waals surface area contributed by atoms with Crippen LogP contribution in [-0.4, -0.2) is 41.0 Å². The Labute approximate surface area is 177 Å². The molecule has 6 nitrogen and oxygen atoms in total. The molecule has 1 aromatic heterocycles. The molecule has 2 amide bonds. The predicted octanol–water partition coefficient (Wildman–Crippen LogP) is 3.63. The van der Waals surface area contributed by atoms with Crippen LogP contribution < -0.4 is 5.32 Å². The average molecular weight is 428 g/mol. The molecular formula is C23H22F2N2O4. The van der Waals surface area contributed by atoms with Gasteiger partial charge in [-0.1, -0.05) is 6.07 Å². The molecule has 0 radical (unpaired) electrons. The van der Waals surface area contributed by atoms with Crippen molar-refractivity contribution in [2.45, 2.75) is 33.3 Å². The van der Waals surface area contributed by atoms with E-state index in [4.69, 9.17) is 4.42 Å².